The Morgan fingerprint density at radius 3 is 2.26 bits per heavy atom. The molecule has 0 aliphatic carbocycles. The van der Waals surface area contributed by atoms with E-state index >= 15 is 0 Å². The summed E-state index contributed by atoms with van der Waals surface area (Å²) in [4.78, 5) is 11.6. The van der Waals surface area contributed by atoms with Gasteiger partial charge in [0.15, 0.2) is 0 Å². The number of benzene rings is 1. The first kappa shape index (κ1) is 19.9. The molecule has 2 nitrogen and oxygen atoms in total. The van der Waals surface area contributed by atoms with Crippen molar-refractivity contribution < 1.29 is 31.5 Å². The van der Waals surface area contributed by atoms with Crippen LogP contribution >= 0.6 is 0 Å². The SMILES string of the molecule is CCCCCC(=O)OC([Se]c1ccccc1)C(F)(F)C(F)(F)F. The van der Waals surface area contributed by atoms with Crippen molar-refractivity contribution in [3.05, 3.63) is 30.3 Å². The maximum atomic E-state index is 13.6. The summed E-state index contributed by atoms with van der Waals surface area (Å²) < 4.78 is 69.9. The number of alkyl halides is 5. The van der Waals surface area contributed by atoms with Gasteiger partial charge in [0.25, 0.3) is 0 Å². The molecule has 0 aromatic heterocycles. The van der Waals surface area contributed by atoms with E-state index in [1.54, 1.807) is 6.07 Å². The van der Waals surface area contributed by atoms with E-state index in [2.05, 4.69) is 4.74 Å². The van der Waals surface area contributed by atoms with Gasteiger partial charge in [-0.05, 0) is 0 Å². The molecule has 0 spiro atoms. The van der Waals surface area contributed by atoms with Crippen molar-refractivity contribution in [1.82, 2.24) is 0 Å². The Balaban J connectivity index is 2.86. The van der Waals surface area contributed by atoms with E-state index in [0.29, 0.717) is 17.3 Å². The molecule has 1 unspecified atom stereocenters. The average molecular weight is 403 g/mol. The van der Waals surface area contributed by atoms with Crippen LogP contribution in [0.1, 0.15) is 32.6 Å². The summed E-state index contributed by atoms with van der Waals surface area (Å²) in [5, 5.41) is -2.51. The van der Waals surface area contributed by atoms with Crippen LogP contribution in [0.5, 0.6) is 0 Å². The quantitative estimate of drug-likeness (QED) is 0.287. The van der Waals surface area contributed by atoms with Crippen molar-refractivity contribution in [2.24, 2.45) is 0 Å². The summed E-state index contributed by atoms with van der Waals surface area (Å²) in [6.45, 7) is 1.88. The molecule has 0 aliphatic rings. The first-order chi connectivity index (χ1) is 10.7. The number of rotatable bonds is 8. The second-order valence-electron chi connectivity index (χ2n) is 4.83. The first-order valence-corrected chi connectivity index (χ1v) is 8.88. The van der Waals surface area contributed by atoms with Crippen molar-refractivity contribution in [3.63, 3.8) is 0 Å². The van der Waals surface area contributed by atoms with Gasteiger partial charge in [-0.2, -0.15) is 0 Å². The van der Waals surface area contributed by atoms with Crippen LogP contribution in [0.3, 0.4) is 0 Å². The van der Waals surface area contributed by atoms with Crippen LogP contribution < -0.4 is 4.46 Å². The van der Waals surface area contributed by atoms with Gasteiger partial charge in [0, 0.05) is 0 Å². The third-order valence-electron chi connectivity index (χ3n) is 2.88. The Kier molecular flexibility index (Phi) is 7.48. The topological polar surface area (TPSA) is 26.3 Å². The number of esters is 1. The van der Waals surface area contributed by atoms with Gasteiger partial charge in [-0.1, -0.05) is 0 Å². The predicted molar refractivity (Wildman–Crippen MR) is 76.9 cm³/mol. The molecule has 1 rings (SSSR count). The molecule has 0 saturated heterocycles. The average Bonchev–Trinajstić information content (AvgIpc) is 2.46. The van der Waals surface area contributed by atoms with Crippen LogP contribution in [0.2, 0.25) is 0 Å². The van der Waals surface area contributed by atoms with Gasteiger partial charge < -0.3 is 0 Å². The van der Waals surface area contributed by atoms with Gasteiger partial charge in [-0.15, -0.1) is 0 Å². The molecule has 0 saturated carbocycles. The van der Waals surface area contributed by atoms with E-state index in [-0.39, 0.29) is 6.42 Å². The van der Waals surface area contributed by atoms with Crippen molar-refractivity contribution in [2.45, 2.75) is 49.7 Å². The van der Waals surface area contributed by atoms with E-state index < -0.39 is 38.0 Å². The molecule has 0 bridgehead atoms. The van der Waals surface area contributed by atoms with Crippen molar-refractivity contribution in [2.75, 3.05) is 0 Å². The van der Waals surface area contributed by atoms with E-state index in [4.69, 9.17) is 0 Å². The molecule has 23 heavy (non-hydrogen) atoms. The van der Waals surface area contributed by atoms with Gasteiger partial charge in [0.1, 0.15) is 0 Å². The van der Waals surface area contributed by atoms with Gasteiger partial charge in [0.2, 0.25) is 0 Å². The molecular formula is C15H17F5O2Se. The van der Waals surface area contributed by atoms with E-state index in [1.807, 2.05) is 6.92 Å². The number of ether oxygens (including phenoxy) is 1. The number of halogens is 5. The molecule has 1 aromatic carbocycles. The molecule has 0 radical (unpaired) electrons. The third-order valence-corrected chi connectivity index (χ3v) is 5.30. The molecule has 130 valence electrons. The normalized spacial score (nSPS) is 13.7. The second-order valence-corrected chi connectivity index (χ2v) is 7.21. The number of unbranched alkanes of at least 4 members (excludes halogenated alkanes) is 2. The van der Waals surface area contributed by atoms with E-state index in [9.17, 15) is 26.7 Å². The summed E-state index contributed by atoms with van der Waals surface area (Å²) >= 11 is -1.36. The minimum absolute atomic E-state index is 0.164. The van der Waals surface area contributed by atoms with Crippen LogP contribution in [0.4, 0.5) is 22.0 Å². The Morgan fingerprint density at radius 1 is 1.13 bits per heavy atom. The van der Waals surface area contributed by atoms with Crippen molar-refractivity contribution in [1.29, 1.82) is 0 Å². The summed E-state index contributed by atoms with van der Waals surface area (Å²) in [6, 6.07) is 7.55. The molecule has 1 aromatic rings. The van der Waals surface area contributed by atoms with Crippen LogP contribution in [0.15, 0.2) is 30.3 Å². The standard InChI is InChI=1S/C15H17F5O2Se/c1-2-3-5-10-12(21)22-13(14(16,17)15(18,19)20)23-11-8-6-4-7-9-11/h4,6-9,13H,2-3,5,10H2,1H3. The van der Waals surface area contributed by atoms with Crippen LogP contribution in [0, 0.1) is 0 Å². The second kappa shape index (κ2) is 8.64. The Hall–Kier alpha value is -1.14. The Bertz CT molecular complexity index is 490. The first-order valence-electron chi connectivity index (χ1n) is 7.04. The number of carbonyl (C=O) groups excluding carboxylic acids is 1. The molecule has 0 N–H and O–H groups in total. The molecule has 0 aliphatic heterocycles. The maximum absolute atomic E-state index is 13.6. The fourth-order valence-corrected chi connectivity index (χ4v) is 3.72. The van der Waals surface area contributed by atoms with E-state index in [0.717, 1.165) is 6.42 Å². The summed E-state index contributed by atoms with van der Waals surface area (Å²) in [6.07, 6.45) is -4.05. The molecule has 0 heterocycles. The number of hydrogen-bond acceptors (Lipinski definition) is 2. The van der Waals surface area contributed by atoms with Gasteiger partial charge in [-0.25, -0.2) is 0 Å². The molecular weight excluding hydrogens is 386 g/mol. The fraction of sp³-hybridized carbons (Fsp3) is 0.533. The zero-order valence-corrected chi connectivity index (χ0v) is 14.1. The minimum atomic E-state index is -5.77. The fourth-order valence-electron chi connectivity index (χ4n) is 1.63. The van der Waals surface area contributed by atoms with Crippen molar-refractivity contribution in [3.8, 4) is 0 Å². The van der Waals surface area contributed by atoms with Gasteiger partial charge in [0.05, 0.1) is 0 Å². The van der Waals surface area contributed by atoms with Gasteiger partial charge >= 0.3 is 137 Å². The third kappa shape index (κ3) is 6.11. The van der Waals surface area contributed by atoms with Crippen molar-refractivity contribution >= 4 is 25.4 Å². The summed E-state index contributed by atoms with van der Waals surface area (Å²) in [5.41, 5.74) is 0. The van der Waals surface area contributed by atoms with Gasteiger partial charge in [-0.3, -0.25) is 0 Å². The number of hydrogen-bond donors (Lipinski definition) is 0. The van der Waals surface area contributed by atoms with Crippen LogP contribution in [0.25, 0.3) is 0 Å². The monoisotopic (exact) mass is 404 g/mol. The molecule has 0 fully saturated rings. The molecule has 8 heteroatoms. The zero-order valence-electron chi connectivity index (χ0n) is 12.4. The van der Waals surface area contributed by atoms with E-state index in [1.165, 1.54) is 24.3 Å². The molecule has 0 amide bonds. The Morgan fingerprint density at radius 2 is 1.74 bits per heavy atom. The summed E-state index contributed by atoms with van der Waals surface area (Å²) in [7, 11) is 0. The Labute approximate surface area is 137 Å². The van der Waals surface area contributed by atoms with Crippen LogP contribution in [-0.2, 0) is 9.53 Å². The number of carbonyl (C=O) groups is 1. The molecule has 1 atom stereocenters. The zero-order chi connectivity index (χ0) is 17.5. The summed E-state index contributed by atoms with van der Waals surface area (Å²) in [5.74, 6) is -6.10. The predicted octanol–water partition coefficient (Wildman–Crippen LogP) is 3.66. The van der Waals surface area contributed by atoms with Crippen LogP contribution in [-0.4, -0.2) is 38.0 Å².